The average molecular weight is 267 g/mol. The first-order valence-electron chi connectivity index (χ1n) is 5.20. The fraction of sp³-hybridized carbons (Fsp3) is 0.182. The quantitative estimate of drug-likeness (QED) is 0.879. The number of nitrogens with one attached hydrogen (secondary N) is 2. The summed E-state index contributed by atoms with van der Waals surface area (Å²) in [5.74, 6) is 0.642. The van der Waals surface area contributed by atoms with Gasteiger partial charge in [0.25, 0.3) is 10.0 Å². The van der Waals surface area contributed by atoms with Crippen molar-refractivity contribution in [1.29, 1.82) is 0 Å². The van der Waals surface area contributed by atoms with Gasteiger partial charge in [0, 0.05) is 5.56 Å². The zero-order chi connectivity index (χ0) is 13.2. The molecule has 96 valence electrons. The molecule has 0 atom stereocenters. The Kier molecular flexibility index (Phi) is 3.24. The van der Waals surface area contributed by atoms with E-state index < -0.39 is 10.0 Å². The first-order valence-corrected chi connectivity index (χ1v) is 6.68. The highest BCUT2D eigenvalue weighted by atomic mass is 32.2. The number of nitrogens with zero attached hydrogens (tertiary/aromatic N) is 1. The lowest BCUT2D eigenvalue weighted by molar-refractivity contribution is 0.403. The van der Waals surface area contributed by atoms with Crippen LogP contribution in [0.25, 0.3) is 0 Å². The normalized spacial score (nSPS) is 11.2. The third kappa shape index (κ3) is 2.30. The maximum atomic E-state index is 12.2. The minimum atomic E-state index is -3.69. The molecule has 2 aromatic rings. The largest absolute Gasteiger partial charge is 0.495 e. The standard InChI is InChI=1S/C11H13N3O3S/c1-8-7-12-13-11(8)14-18(15,16)10-6-4-3-5-9(10)17-2/h3-7H,1-2H3,(H2,12,13,14). The molecule has 6 nitrogen and oxygen atoms in total. The van der Waals surface area contributed by atoms with Gasteiger partial charge in [-0.3, -0.25) is 9.82 Å². The summed E-state index contributed by atoms with van der Waals surface area (Å²) in [4.78, 5) is 0.0847. The van der Waals surface area contributed by atoms with Gasteiger partial charge in [0.1, 0.15) is 16.5 Å². The predicted octanol–water partition coefficient (Wildman–Crippen LogP) is 1.53. The Morgan fingerprint density at radius 2 is 2.06 bits per heavy atom. The second-order valence-corrected chi connectivity index (χ2v) is 5.34. The van der Waals surface area contributed by atoms with Crippen LogP contribution in [-0.2, 0) is 10.0 Å². The molecule has 0 unspecified atom stereocenters. The molecule has 0 aliphatic heterocycles. The lowest BCUT2D eigenvalue weighted by Crippen LogP contribution is -2.14. The minimum Gasteiger partial charge on any atom is -0.495 e. The van der Waals surface area contributed by atoms with Crippen molar-refractivity contribution >= 4 is 15.8 Å². The van der Waals surface area contributed by atoms with Crippen LogP contribution in [0.5, 0.6) is 5.75 Å². The fourth-order valence-corrected chi connectivity index (χ4v) is 2.74. The molecule has 0 radical (unpaired) electrons. The van der Waals surface area contributed by atoms with Gasteiger partial charge < -0.3 is 4.74 Å². The van der Waals surface area contributed by atoms with Gasteiger partial charge in [0.05, 0.1) is 13.3 Å². The summed E-state index contributed by atoms with van der Waals surface area (Å²) < 4.78 is 31.9. The Balaban J connectivity index is 2.40. The molecule has 0 amide bonds. The Morgan fingerprint density at radius 3 is 2.67 bits per heavy atom. The molecule has 0 saturated carbocycles. The SMILES string of the molecule is COc1ccccc1S(=O)(=O)Nc1[nH]ncc1C. The molecule has 2 N–H and O–H groups in total. The van der Waals surface area contributed by atoms with E-state index in [0.717, 1.165) is 0 Å². The monoisotopic (exact) mass is 267 g/mol. The topological polar surface area (TPSA) is 84.1 Å². The third-order valence-electron chi connectivity index (χ3n) is 2.42. The molecule has 7 heteroatoms. The molecule has 1 heterocycles. The van der Waals surface area contributed by atoms with Crippen molar-refractivity contribution in [2.75, 3.05) is 11.8 Å². The van der Waals surface area contributed by atoms with Crippen LogP contribution in [-0.4, -0.2) is 25.7 Å². The molecule has 0 spiro atoms. The summed E-state index contributed by atoms with van der Waals surface area (Å²) >= 11 is 0. The zero-order valence-electron chi connectivity index (χ0n) is 9.97. The molecule has 0 aliphatic carbocycles. The van der Waals surface area contributed by atoms with Gasteiger partial charge in [-0.2, -0.15) is 5.10 Å². The number of aromatic nitrogens is 2. The van der Waals surface area contributed by atoms with Crippen LogP contribution in [0.2, 0.25) is 0 Å². The van der Waals surface area contributed by atoms with Gasteiger partial charge >= 0.3 is 0 Å². The highest BCUT2D eigenvalue weighted by Gasteiger charge is 2.20. The lowest BCUT2D eigenvalue weighted by Gasteiger charge is -2.10. The van der Waals surface area contributed by atoms with Crippen LogP contribution in [0, 0.1) is 6.92 Å². The molecular weight excluding hydrogens is 254 g/mol. The maximum Gasteiger partial charge on any atom is 0.266 e. The average Bonchev–Trinajstić information content (AvgIpc) is 2.74. The first-order chi connectivity index (χ1) is 8.54. The smallest absolute Gasteiger partial charge is 0.266 e. The highest BCUT2D eigenvalue weighted by molar-refractivity contribution is 7.92. The van der Waals surface area contributed by atoms with Gasteiger partial charge in [0.2, 0.25) is 0 Å². The van der Waals surface area contributed by atoms with Gasteiger partial charge in [-0.1, -0.05) is 12.1 Å². The van der Waals surface area contributed by atoms with Crippen molar-refractivity contribution in [1.82, 2.24) is 10.2 Å². The van der Waals surface area contributed by atoms with E-state index in [4.69, 9.17) is 4.74 Å². The summed E-state index contributed by atoms with van der Waals surface area (Å²) in [6.45, 7) is 1.75. The summed E-state index contributed by atoms with van der Waals surface area (Å²) in [5.41, 5.74) is 0.716. The Morgan fingerprint density at radius 1 is 1.33 bits per heavy atom. The Labute approximate surface area is 105 Å². The van der Waals surface area contributed by atoms with E-state index >= 15 is 0 Å². The van der Waals surface area contributed by atoms with E-state index in [9.17, 15) is 8.42 Å². The molecule has 0 bridgehead atoms. The summed E-state index contributed by atoms with van der Waals surface area (Å²) in [7, 11) is -2.27. The number of H-pyrrole nitrogens is 1. The number of sulfonamides is 1. The summed E-state index contributed by atoms with van der Waals surface area (Å²) in [6, 6.07) is 6.41. The van der Waals surface area contributed by atoms with Crippen LogP contribution in [0.3, 0.4) is 0 Å². The van der Waals surface area contributed by atoms with Gasteiger partial charge in [-0.25, -0.2) is 8.42 Å². The van der Waals surface area contributed by atoms with E-state index in [1.54, 1.807) is 31.3 Å². The van der Waals surface area contributed by atoms with Crippen molar-refractivity contribution in [2.45, 2.75) is 11.8 Å². The van der Waals surface area contributed by atoms with E-state index in [1.807, 2.05) is 0 Å². The third-order valence-corrected chi connectivity index (χ3v) is 3.81. The van der Waals surface area contributed by atoms with Crippen molar-refractivity contribution in [2.24, 2.45) is 0 Å². The molecular formula is C11H13N3O3S. The number of para-hydroxylation sites is 1. The molecule has 0 aliphatic rings. The lowest BCUT2D eigenvalue weighted by atomic mass is 10.3. The van der Waals surface area contributed by atoms with E-state index in [2.05, 4.69) is 14.9 Å². The fourth-order valence-electron chi connectivity index (χ4n) is 1.48. The number of rotatable bonds is 4. The summed E-state index contributed by atoms with van der Waals surface area (Å²) in [5, 5.41) is 6.35. The summed E-state index contributed by atoms with van der Waals surface area (Å²) in [6.07, 6.45) is 1.54. The number of benzene rings is 1. The molecule has 0 saturated heterocycles. The van der Waals surface area contributed by atoms with Crippen LogP contribution in [0.4, 0.5) is 5.82 Å². The number of ether oxygens (including phenoxy) is 1. The zero-order valence-corrected chi connectivity index (χ0v) is 10.8. The maximum absolute atomic E-state index is 12.2. The molecule has 0 fully saturated rings. The second-order valence-electron chi connectivity index (χ2n) is 3.68. The van der Waals surface area contributed by atoms with Gasteiger partial charge in [0.15, 0.2) is 0 Å². The highest BCUT2D eigenvalue weighted by Crippen LogP contribution is 2.25. The van der Waals surface area contributed by atoms with E-state index in [-0.39, 0.29) is 4.90 Å². The van der Waals surface area contributed by atoms with Crippen LogP contribution in [0.15, 0.2) is 35.4 Å². The van der Waals surface area contributed by atoms with Crippen LogP contribution >= 0.6 is 0 Å². The van der Waals surface area contributed by atoms with Crippen LogP contribution in [0.1, 0.15) is 5.56 Å². The van der Waals surface area contributed by atoms with Crippen molar-refractivity contribution < 1.29 is 13.2 Å². The number of aryl methyl sites for hydroxylation is 1. The number of hydrogen-bond acceptors (Lipinski definition) is 4. The predicted molar refractivity (Wildman–Crippen MR) is 67.1 cm³/mol. The molecule has 1 aromatic heterocycles. The molecule has 18 heavy (non-hydrogen) atoms. The molecule has 1 aromatic carbocycles. The Hall–Kier alpha value is -2.02. The minimum absolute atomic E-state index is 0.0847. The number of hydrogen-bond donors (Lipinski definition) is 2. The second kappa shape index (κ2) is 4.69. The van der Waals surface area contributed by atoms with Crippen molar-refractivity contribution in [3.05, 3.63) is 36.0 Å². The van der Waals surface area contributed by atoms with Gasteiger partial charge in [-0.05, 0) is 19.1 Å². The van der Waals surface area contributed by atoms with Crippen molar-refractivity contribution in [3.63, 3.8) is 0 Å². The van der Waals surface area contributed by atoms with E-state index in [1.165, 1.54) is 13.2 Å². The Bertz CT molecular complexity index is 649. The van der Waals surface area contributed by atoms with E-state index in [0.29, 0.717) is 17.1 Å². The first kappa shape index (κ1) is 12.4. The number of anilines is 1. The number of methoxy groups -OCH3 is 1. The molecule has 2 rings (SSSR count). The number of aromatic amines is 1. The van der Waals surface area contributed by atoms with Gasteiger partial charge in [-0.15, -0.1) is 0 Å². The van der Waals surface area contributed by atoms with Crippen LogP contribution < -0.4 is 9.46 Å². The van der Waals surface area contributed by atoms with Crippen molar-refractivity contribution in [3.8, 4) is 5.75 Å².